The van der Waals surface area contributed by atoms with E-state index in [1.807, 2.05) is 6.07 Å². The van der Waals surface area contributed by atoms with E-state index in [2.05, 4.69) is 5.32 Å². The number of halogens is 3. The van der Waals surface area contributed by atoms with Crippen molar-refractivity contribution in [3.05, 3.63) is 35.9 Å². The summed E-state index contributed by atoms with van der Waals surface area (Å²) < 4.78 is 38.6. The van der Waals surface area contributed by atoms with Crippen LogP contribution in [-0.4, -0.2) is 12.2 Å². The zero-order valence-corrected chi connectivity index (χ0v) is 12.3. The van der Waals surface area contributed by atoms with Crippen molar-refractivity contribution in [2.45, 2.75) is 69.6 Å². The Kier molecular flexibility index (Phi) is 6.09. The van der Waals surface area contributed by atoms with Crippen LogP contribution in [-0.2, 0) is 0 Å². The van der Waals surface area contributed by atoms with Gasteiger partial charge in [0.1, 0.15) is 0 Å². The Hall–Kier alpha value is -1.03. The van der Waals surface area contributed by atoms with Gasteiger partial charge in [-0.05, 0) is 18.4 Å². The van der Waals surface area contributed by atoms with Crippen molar-refractivity contribution in [3.63, 3.8) is 0 Å². The number of rotatable bonds is 4. The molecule has 2 rings (SSSR count). The molecular formula is C17H24F3N. The average molecular weight is 299 g/mol. The lowest BCUT2D eigenvalue weighted by atomic mass is 9.94. The van der Waals surface area contributed by atoms with Gasteiger partial charge in [0.05, 0.1) is 6.42 Å². The van der Waals surface area contributed by atoms with Crippen molar-refractivity contribution in [3.8, 4) is 0 Å². The van der Waals surface area contributed by atoms with E-state index in [9.17, 15) is 13.2 Å². The van der Waals surface area contributed by atoms with Crippen molar-refractivity contribution in [1.82, 2.24) is 5.32 Å². The molecule has 4 heteroatoms. The minimum atomic E-state index is -4.14. The van der Waals surface area contributed by atoms with E-state index in [-0.39, 0.29) is 6.04 Å². The Morgan fingerprint density at radius 2 is 1.52 bits per heavy atom. The van der Waals surface area contributed by atoms with Gasteiger partial charge in [-0.15, -0.1) is 0 Å². The summed E-state index contributed by atoms with van der Waals surface area (Å²) >= 11 is 0. The lowest BCUT2D eigenvalue weighted by Crippen LogP contribution is -2.35. The molecule has 0 bridgehead atoms. The van der Waals surface area contributed by atoms with Gasteiger partial charge >= 0.3 is 6.18 Å². The van der Waals surface area contributed by atoms with Crippen LogP contribution in [0.5, 0.6) is 0 Å². The molecular weight excluding hydrogens is 275 g/mol. The first-order valence-corrected chi connectivity index (χ1v) is 7.92. The second-order valence-electron chi connectivity index (χ2n) is 5.99. The summed E-state index contributed by atoms with van der Waals surface area (Å²) in [6, 6.07) is 8.59. The molecule has 1 aromatic rings. The fraction of sp³-hybridized carbons (Fsp3) is 0.647. The molecule has 21 heavy (non-hydrogen) atoms. The molecule has 0 aromatic heterocycles. The maximum atomic E-state index is 12.9. The maximum Gasteiger partial charge on any atom is 0.390 e. The van der Waals surface area contributed by atoms with Crippen LogP contribution in [0.25, 0.3) is 0 Å². The van der Waals surface area contributed by atoms with Crippen LogP contribution in [0.2, 0.25) is 0 Å². The normalized spacial score (nSPS) is 19.8. The highest BCUT2D eigenvalue weighted by atomic mass is 19.4. The number of benzene rings is 1. The third-order valence-electron chi connectivity index (χ3n) is 4.18. The Labute approximate surface area is 124 Å². The second-order valence-corrected chi connectivity index (χ2v) is 5.99. The first-order valence-electron chi connectivity index (χ1n) is 7.92. The molecule has 1 aliphatic rings. The third-order valence-corrected chi connectivity index (χ3v) is 4.18. The summed E-state index contributed by atoms with van der Waals surface area (Å²) in [4.78, 5) is 0. The molecule has 0 heterocycles. The first kappa shape index (κ1) is 16.3. The van der Waals surface area contributed by atoms with Gasteiger partial charge in [-0.25, -0.2) is 0 Å². The van der Waals surface area contributed by atoms with Crippen LogP contribution in [0, 0.1) is 0 Å². The third kappa shape index (κ3) is 6.08. The summed E-state index contributed by atoms with van der Waals surface area (Å²) in [6.07, 6.45) is 2.93. The summed E-state index contributed by atoms with van der Waals surface area (Å²) in [7, 11) is 0. The van der Waals surface area contributed by atoms with Gasteiger partial charge in [-0.3, -0.25) is 0 Å². The summed E-state index contributed by atoms with van der Waals surface area (Å²) in [5, 5.41) is 3.28. The molecule has 1 aliphatic carbocycles. The molecule has 0 amide bonds. The molecule has 1 N–H and O–H groups in total. The van der Waals surface area contributed by atoms with Crippen molar-refractivity contribution in [1.29, 1.82) is 0 Å². The predicted molar refractivity (Wildman–Crippen MR) is 79.1 cm³/mol. The molecule has 1 atom stereocenters. The fourth-order valence-corrected chi connectivity index (χ4v) is 3.10. The van der Waals surface area contributed by atoms with E-state index in [4.69, 9.17) is 0 Å². The van der Waals surface area contributed by atoms with Crippen LogP contribution in [0.15, 0.2) is 30.3 Å². The monoisotopic (exact) mass is 299 g/mol. The van der Waals surface area contributed by atoms with Crippen LogP contribution in [0.1, 0.15) is 63.0 Å². The summed E-state index contributed by atoms with van der Waals surface area (Å²) in [6.45, 7) is 0. The largest absolute Gasteiger partial charge is 0.390 e. The lowest BCUT2D eigenvalue weighted by Gasteiger charge is -2.28. The van der Waals surface area contributed by atoms with Gasteiger partial charge in [-0.1, -0.05) is 62.4 Å². The lowest BCUT2D eigenvalue weighted by molar-refractivity contribution is -0.141. The second kappa shape index (κ2) is 7.83. The Bertz CT molecular complexity index is 394. The highest BCUT2D eigenvalue weighted by molar-refractivity contribution is 5.19. The van der Waals surface area contributed by atoms with Gasteiger partial charge in [0, 0.05) is 12.1 Å². The summed E-state index contributed by atoms with van der Waals surface area (Å²) in [5.74, 6) is 0. The van der Waals surface area contributed by atoms with E-state index < -0.39 is 18.6 Å². The molecule has 0 aliphatic heterocycles. The van der Waals surface area contributed by atoms with Crippen LogP contribution >= 0.6 is 0 Å². The molecule has 1 nitrogen and oxygen atoms in total. The maximum absolute atomic E-state index is 12.9. The molecule has 1 saturated carbocycles. The van der Waals surface area contributed by atoms with E-state index in [1.54, 1.807) is 24.3 Å². The Morgan fingerprint density at radius 3 is 2.10 bits per heavy atom. The van der Waals surface area contributed by atoms with Crippen molar-refractivity contribution < 1.29 is 13.2 Å². The van der Waals surface area contributed by atoms with Gasteiger partial charge in [-0.2, -0.15) is 13.2 Å². The number of alkyl halides is 3. The van der Waals surface area contributed by atoms with Gasteiger partial charge < -0.3 is 5.32 Å². The molecule has 0 spiro atoms. The zero-order valence-electron chi connectivity index (χ0n) is 12.3. The van der Waals surface area contributed by atoms with E-state index in [0.29, 0.717) is 0 Å². The molecule has 1 fully saturated rings. The Morgan fingerprint density at radius 1 is 0.952 bits per heavy atom. The minimum absolute atomic E-state index is 0.206. The van der Waals surface area contributed by atoms with Crippen molar-refractivity contribution >= 4 is 0 Å². The van der Waals surface area contributed by atoms with Crippen molar-refractivity contribution in [2.24, 2.45) is 0 Å². The van der Waals surface area contributed by atoms with E-state index >= 15 is 0 Å². The number of nitrogens with one attached hydrogen (secondary N) is 1. The van der Waals surface area contributed by atoms with Crippen LogP contribution in [0.4, 0.5) is 13.2 Å². The average Bonchev–Trinajstić information content (AvgIpc) is 2.40. The zero-order chi connectivity index (χ0) is 15.1. The van der Waals surface area contributed by atoms with Gasteiger partial charge in [0.15, 0.2) is 0 Å². The van der Waals surface area contributed by atoms with E-state index in [1.165, 1.54) is 19.3 Å². The van der Waals surface area contributed by atoms with E-state index in [0.717, 1.165) is 31.2 Å². The SMILES string of the molecule is FC(F)(F)CC(NC1CCCCCCC1)c1ccccc1. The number of hydrogen-bond acceptors (Lipinski definition) is 1. The van der Waals surface area contributed by atoms with Crippen molar-refractivity contribution in [2.75, 3.05) is 0 Å². The minimum Gasteiger partial charge on any atom is -0.307 e. The van der Waals surface area contributed by atoms with Crippen LogP contribution in [0.3, 0.4) is 0 Å². The fourth-order valence-electron chi connectivity index (χ4n) is 3.10. The highest BCUT2D eigenvalue weighted by Crippen LogP contribution is 2.31. The quantitative estimate of drug-likeness (QED) is 0.786. The topological polar surface area (TPSA) is 12.0 Å². The van der Waals surface area contributed by atoms with Gasteiger partial charge in [0.25, 0.3) is 0 Å². The molecule has 0 saturated heterocycles. The standard InChI is InChI=1S/C17H24F3N/c18-17(19,20)13-16(14-9-5-4-6-10-14)21-15-11-7-2-1-3-8-12-15/h4-6,9-10,15-16,21H,1-3,7-8,11-13H2. The predicted octanol–water partition coefficient (Wildman–Crippen LogP) is 5.38. The number of hydrogen-bond donors (Lipinski definition) is 1. The molecule has 118 valence electrons. The molecule has 0 radical (unpaired) electrons. The van der Waals surface area contributed by atoms with Gasteiger partial charge in [0.2, 0.25) is 0 Å². The first-order chi connectivity index (χ1) is 10.0. The molecule has 1 aromatic carbocycles. The Balaban J connectivity index is 2.04. The van der Waals surface area contributed by atoms with Crippen LogP contribution < -0.4 is 5.32 Å². The summed E-state index contributed by atoms with van der Waals surface area (Å²) in [5.41, 5.74) is 0.733. The smallest absolute Gasteiger partial charge is 0.307 e. The highest BCUT2D eigenvalue weighted by Gasteiger charge is 2.33. The molecule has 1 unspecified atom stereocenters.